The monoisotopic (exact) mass is 297 g/mol. The van der Waals surface area contributed by atoms with E-state index in [-0.39, 0.29) is 5.56 Å². The zero-order valence-electron chi connectivity index (χ0n) is 12.5. The molecule has 0 unspecified atom stereocenters. The Morgan fingerprint density at radius 1 is 1.24 bits per heavy atom. The molecule has 1 N–H and O–H groups in total. The molecular weight excluding hydrogens is 274 g/mol. The molecule has 0 aromatic carbocycles. The van der Waals surface area contributed by atoms with Gasteiger partial charge >= 0.3 is 0 Å². The second kappa shape index (κ2) is 8.89. The third kappa shape index (κ3) is 5.20. The molecule has 1 aromatic heterocycles. The molecule has 118 valence electrons. The minimum absolute atomic E-state index is 0.0719. The summed E-state index contributed by atoms with van der Waals surface area (Å²) in [6.45, 7) is 4.76. The Morgan fingerprint density at radius 2 is 2.00 bits per heavy atom. The number of ether oxygens (including phenoxy) is 3. The zero-order chi connectivity index (χ0) is 14.9. The molecule has 0 aliphatic carbocycles. The van der Waals surface area contributed by atoms with Crippen molar-refractivity contribution in [2.45, 2.75) is 19.5 Å². The number of nitrogens with one attached hydrogen (secondary N) is 1. The van der Waals surface area contributed by atoms with Crippen LogP contribution in [0.25, 0.3) is 0 Å². The Morgan fingerprint density at radius 3 is 2.81 bits per heavy atom. The van der Waals surface area contributed by atoms with Crippen LogP contribution in [0.3, 0.4) is 0 Å². The maximum atomic E-state index is 11.9. The zero-order valence-corrected chi connectivity index (χ0v) is 12.5. The number of fused-ring (bicyclic) bond motifs is 1. The summed E-state index contributed by atoms with van der Waals surface area (Å²) in [7, 11) is 1.64. The molecule has 0 fully saturated rings. The molecular formula is C14H23N3O4. The van der Waals surface area contributed by atoms with Gasteiger partial charge in [0.05, 0.1) is 45.3 Å². The molecule has 2 heterocycles. The molecule has 0 atom stereocenters. The van der Waals surface area contributed by atoms with Crippen molar-refractivity contribution < 1.29 is 14.2 Å². The Balaban J connectivity index is 1.70. The lowest BCUT2D eigenvalue weighted by atomic mass is 10.1. The van der Waals surface area contributed by atoms with Gasteiger partial charge in [0.25, 0.3) is 5.56 Å². The van der Waals surface area contributed by atoms with E-state index >= 15 is 0 Å². The number of rotatable bonds is 9. The highest BCUT2D eigenvalue weighted by Gasteiger charge is 2.12. The third-order valence-corrected chi connectivity index (χ3v) is 3.27. The van der Waals surface area contributed by atoms with E-state index in [0.717, 1.165) is 30.8 Å². The smallest absolute Gasteiger partial charge is 0.267 e. The summed E-state index contributed by atoms with van der Waals surface area (Å²) < 4.78 is 17.1. The number of hydrogen-bond acceptors (Lipinski definition) is 6. The molecule has 0 saturated carbocycles. The van der Waals surface area contributed by atoms with Crippen molar-refractivity contribution in [3.63, 3.8) is 0 Å². The van der Waals surface area contributed by atoms with Crippen LogP contribution in [0.15, 0.2) is 10.9 Å². The number of methoxy groups -OCH3 is 1. The quantitative estimate of drug-likeness (QED) is 0.623. The molecule has 21 heavy (non-hydrogen) atoms. The first-order chi connectivity index (χ1) is 10.3. The highest BCUT2D eigenvalue weighted by Crippen LogP contribution is 2.07. The van der Waals surface area contributed by atoms with Crippen LogP contribution in [-0.2, 0) is 33.7 Å². The molecule has 1 aliphatic rings. The van der Waals surface area contributed by atoms with E-state index in [1.807, 2.05) is 0 Å². The van der Waals surface area contributed by atoms with E-state index in [0.29, 0.717) is 39.6 Å². The molecule has 1 aromatic rings. The fourth-order valence-electron chi connectivity index (χ4n) is 2.13. The Kier molecular flexibility index (Phi) is 6.81. The molecule has 0 spiro atoms. The van der Waals surface area contributed by atoms with E-state index in [9.17, 15) is 4.79 Å². The standard InChI is InChI=1S/C14H23N3O4/c1-19-6-7-21-9-8-20-5-4-17-14(18)10-12-11-15-3-2-13(12)16-17/h10,15H,2-9,11H2,1H3. The molecule has 0 radical (unpaired) electrons. The number of aromatic nitrogens is 2. The Bertz CT molecular complexity index is 490. The van der Waals surface area contributed by atoms with Crippen molar-refractivity contribution in [3.05, 3.63) is 27.7 Å². The second-order valence-corrected chi connectivity index (χ2v) is 4.82. The van der Waals surface area contributed by atoms with Crippen molar-refractivity contribution in [2.75, 3.05) is 46.7 Å². The summed E-state index contributed by atoms with van der Waals surface area (Å²) in [4.78, 5) is 11.9. The summed E-state index contributed by atoms with van der Waals surface area (Å²) in [6.07, 6.45) is 0.865. The van der Waals surface area contributed by atoms with Gasteiger partial charge < -0.3 is 19.5 Å². The van der Waals surface area contributed by atoms with Gasteiger partial charge in [-0.2, -0.15) is 5.10 Å². The van der Waals surface area contributed by atoms with Crippen LogP contribution in [0.2, 0.25) is 0 Å². The molecule has 0 bridgehead atoms. The number of nitrogens with zero attached hydrogens (tertiary/aromatic N) is 2. The predicted molar refractivity (Wildman–Crippen MR) is 77.4 cm³/mol. The Labute approximate surface area is 124 Å². The van der Waals surface area contributed by atoms with E-state index in [1.165, 1.54) is 4.68 Å². The normalized spacial score (nSPS) is 14.1. The van der Waals surface area contributed by atoms with Crippen LogP contribution in [0.1, 0.15) is 11.3 Å². The first kappa shape index (κ1) is 16.1. The lowest BCUT2D eigenvalue weighted by Crippen LogP contribution is -2.32. The third-order valence-electron chi connectivity index (χ3n) is 3.27. The highest BCUT2D eigenvalue weighted by atomic mass is 16.5. The van der Waals surface area contributed by atoms with Gasteiger partial charge in [0, 0.05) is 32.7 Å². The molecule has 0 amide bonds. The van der Waals surface area contributed by atoms with Crippen LogP contribution in [0.4, 0.5) is 0 Å². The SMILES string of the molecule is COCCOCCOCCn1nc2c(cc1=O)CNCC2. The molecule has 2 rings (SSSR count). The fourth-order valence-corrected chi connectivity index (χ4v) is 2.13. The average Bonchev–Trinajstić information content (AvgIpc) is 2.50. The van der Waals surface area contributed by atoms with E-state index < -0.39 is 0 Å². The fraction of sp³-hybridized carbons (Fsp3) is 0.714. The topological polar surface area (TPSA) is 74.6 Å². The van der Waals surface area contributed by atoms with Crippen LogP contribution in [-0.4, -0.2) is 56.5 Å². The van der Waals surface area contributed by atoms with Gasteiger partial charge in [0.15, 0.2) is 0 Å². The van der Waals surface area contributed by atoms with Crippen molar-refractivity contribution >= 4 is 0 Å². The summed E-state index contributed by atoms with van der Waals surface area (Å²) in [5.41, 5.74) is 1.95. The van der Waals surface area contributed by atoms with Crippen molar-refractivity contribution in [1.29, 1.82) is 0 Å². The predicted octanol–water partition coefficient (Wildman–Crippen LogP) is -0.431. The average molecular weight is 297 g/mol. The Hall–Kier alpha value is -1.28. The minimum atomic E-state index is -0.0719. The van der Waals surface area contributed by atoms with E-state index in [1.54, 1.807) is 13.2 Å². The molecule has 0 saturated heterocycles. The van der Waals surface area contributed by atoms with Crippen LogP contribution in [0, 0.1) is 0 Å². The van der Waals surface area contributed by atoms with Gasteiger partial charge in [-0.15, -0.1) is 0 Å². The maximum Gasteiger partial charge on any atom is 0.267 e. The van der Waals surface area contributed by atoms with Gasteiger partial charge in [-0.1, -0.05) is 0 Å². The van der Waals surface area contributed by atoms with Gasteiger partial charge in [-0.25, -0.2) is 4.68 Å². The molecule has 7 heteroatoms. The summed E-state index contributed by atoms with van der Waals surface area (Å²) in [6, 6.07) is 1.67. The van der Waals surface area contributed by atoms with Crippen LogP contribution in [0.5, 0.6) is 0 Å². The molecule has 7 nitrogen and oxygen atoms in total. The van der Waals surface area contributed by atoms with E-state index in [2.05, 4.69) is 10.4 Å². The van der Waals surface area contributed by atoms with Gasteiger partial charge in [-0.3, -0.25) is 4.79 Å². The second-order valence-electron chi connectivity index (χ2n) is 4.82. The van der Waals surface area contributed by atoms with Crippen LogP contribution >= 0.6 is 0 Å². The van der Waals surface area contributed by atoms with E-state index in [4.69, 9.17) is 14.2 Å². The summed E-state index contributed by atoms with van der Waals surface area (Å²) in [5, 5.41) is 7.64. The lowest BCUT2D eigenvalue weighted by Gasteiger charge is -2.17. The first-order valence-electron chi connectivity index (χ1n) is 7.26. The first-order valence-corrected chi connectivity index (χ1v) is 7.26. The van der Waals surface area contributed by atoms with Crippen LogP contribution < -0.4 is 10.9 Å². The highest BCUT2D eigenvalue weighted by molar-refractivity contribution is 5.20. The minimum Gasteiger partial charge on any atom is -0.382 e. The van der Waals surface area contributed by atoms with Gasteiger partial charge in [0.1, 0.15) is 0 Å². The maximum absolute atomic E-state index is 11.9. The van der Waals surface area contributed by atoms with Gasteiger partial charge in [-0.05, 0) is 5.56 Å². The van der Waals surface area contributed by atoms with Crippen molar-refractivity contribution in [3.8, 4) is 0 Å². The van der Waals surface area contributed by atoms with Gasteiger partial charge in [0.2, 0.25) is 0 Å². The lowest BCUT2D eigenvalue weighted by molar-refractivity contribution is 0.0223. The summed E-state index contributed by atoms with van der Waals surface area (Å²) in [5.74, 6) is 0. The summed E-state index contributed by atoms with van der Waals surface area (Å²) >= 11 is 0. The largest absolute Gasteiger partial charge is 0.382 e. The number of hydrogen-bond donors (Lipinski definition) is 1. The van der Waals surface area contributed by atoms with Crippen molar-refractivity contribution in [2.24, 2.45) is 0 Å². The van der Waals surface area contributed by atoms with Crippen molar-refractivity contribution in [1.82, 2.24) is 15.1 Å². The molecule has 1 aliphatic heterocycles.